The fourth-order valence-corrected chi connectivity index (χ4v) is 3.83. The first-order chi connectivity index (χ1) is 14.2. The zero-order valence-corrected chi connectivity index (χ0v) is 16.9. The SMILES string of the molecule is C=CCn1c(SCC#N)nnc1-c1cc(-c2ccc(C)cc2)nc2ccccc12. The van der Waals surface area contributed by atoms with Crippen molar-refractivity contribution in [2.24, 2.45) is 0 Å². The number of aromatic nitrogens is 4. The molecule has 0 fully saturated rings. The van der Waals surface area contributed by atoms with Crippen LogP contribution in [0.2, 0.25) is 0 Å². The number of thioether (sulfide) groups is 1. The van der Waals surface area contributed by atoms with Gasteiger partial charge in [-0.05, 0) is 19.1 Å². The first kappa shape index (κ1) is 18.9. The molecule has 142 valence electrons. The molecule has 0 aliphatic rings. The van der Waals surface area contributed by atoms with Crippen molar-refractivity contribution < 1.29 is 0 Å². The van der Waals surface area contributed by atoms with Crippen LogP contribution in [0.3, 0.4) is 0 Å². The maximum absolute atomic E-state index is 8.94. The van der Waals surface area contributed by atoms with Gasteiger partial charge in [-0.25, -0.2) is 4.98 Å². The Morgan fingerprint density at radius 2 is 1.93 bits per heavy atom. The van der Waals surface area contributed by atoms with E-state index in [0.717, 1.165) is 33.5 Å². The molecule has 2 aromatic heterocycles. The van der Waals surface area contributed by atoms with Gasteiger partial charge in [0, 0.05) is 23.1 Å². The smallest absolute Gasteiger partial charge is 0.192 e. The molecule has 6 heteroatoms. The number of nitrogens with zero attached hydrogens (tertiary/aromatic N) is 5. The molecule has 0 N–H and O–H groups in total. The van der Waals surface area contributed by atoms with Crippen LogP contribution in [0.25, 0.3) is 33.5 Å². The largest absolute Gasteiger partial charge is 0.298 e. The highest BCUT2D eigenvalue weighted by molar-refractivity contribution is 7.99. The van der Waals surface area contributed by atoms with Gasteiger partial charge in [0.1, 0.15) is 0 Å². The Bertz CT molecular complexity index is 1220. The first-order valence-corrected chi connectivity index (χ1v) is 10.2. The summed E-state index contributed by atoms with van der Waals surface area (Å²) in [4.78, 5) is 4.87. The van der Waals surface area contributed by atoms with Gasteiger partial charge in [0.2, 0.25) is 0 Å². The molecule has 0 bridgehead atoms. The Hall–Kier alpha value is -3.43. The fraction of sp³-hybridized carbons (Fsp3) is 0.130. The van der Waals surface area contributed by atoms with Crippen LogP contribution in [-0.2, 0) is 6.54 Å². The number of pyridine rings is 1. The average Bonchev–Trinajstić information content (AvgIpc) is 3.14. The summed E-state index contributed by atoms with van der Waals surface area (Å²) in [5, 5.41) is 19.4. The summed E-state index contributed by atoms with van der Waals surface area (Å²) < 4.78 is 2.00. The zero-order valence-electron chi connectivity index (χ0n) is 16.0. The van der Waals surface area contributed by atoms with Gasteiger partial charge in [-0.15, -0.1) is 16.8 Å². The minimum absolute atomic E-state index is 0.320. The van der Waals surface area contributed by atoms with Crippen LogP contribution in [0.4, 0.5) is 0 Å². The molecule has 2 aromatic carbocycles. The van der Waals surface area contributed by atoms with Gasteiger partial charge in [0.25, 0.3) is 0 Å². The maximum atomic E-state index is 8.94. The molecule has 0 amide bonds. The van der Waals surface area contributed by atoms with Gasteiger partial charge in [-0.3, -0.25) is 4.57 Å². The summed E-state index contributed by atoms with van der Waals surface area (Å²) >= 11 is 1.37. The van der Waals surface area contributed by atoms with Gasteiger partial charge in [-0.1, -0.05) is 65.9 Å². The monoisotopic (exact) mass is 397 g/mol. The standard InChI is InChI=1S/C23H19N5S/c1-3-13-28-22(26-27-23(28)29-14-12-24)19-15-21(17-10-8-16(2)9-11-17)25-20-7-5-4-6-18(19)20/h3-11,15H,1,13-14H2,2H3. The molecule has 5 nitrogen and oxygen atoms in total. The normalized spacial score (nSPS) is 10.8. The zero-order chi connectivity index (χ0) is 20.2. The van der Waals surface area contributed by atoms with Gasteiger partial charge in [0.15, 0.2) is 11.0 Å². The number of hydrogen-bond acceptors (Lipinski definition) is 5. The summed E-state index contributed by atoms with van der Waals surface area (Å²) in [5.74, 6) is 1.07. The van der Waals surface area contributed by atoms with Crippen molar-refractivity contribution in [2.45, 2.75) is 18.6 Å². The Kier molecular flexibility index (Phi) is 5.41. The minimum atomic E-state index is 0.320. The van der Waals surface area contributed by atoms with E-state index in [1.54, 1.807) is 0 Å². The third-order valence-electron chi connectivity index (χ3n) is 4.60. The molecule has 29 heavy (non-hydrogen) atoms. The molecule has 0 aliphatic carbocycles. The molecule has 0 saturated carbocycles. The van der Waals surface area contributed by atoms with Crippen LogP contribution in [0.1, 0.15) is 5.56 Å². The average molecular weight is 398 g/mol. The molecular formula is C23H19N5S. The topological polar surface area (TPSA) is 67.4 Å². The molecule has 4 rings (SSSR count). The van der Waals surface area contributed by atoms with Crippen molar-refractivity contribution in [1.29, 1.82) is 5.26 Å². The first-order valence-electron chi connectivity index (χ1n) is 9.22. The van der Waals surface area contributed by atoms with E-state index in [9.17, 15) is 0 Å². The second-order valence-corrected chi connectivity index (χ2v) is 7.53. The fourth-order valence-electron chi connectivity index (χ4n) is 3.22. The highest BCUT2D eigenvalue weighted by Crippen LogP contribution is 2.33. The Morgan fingerprint density at radius 3 is 2.69 bits per heavy atom. The summed E-state index contributed by atoms with van der Waals surface area (Å²) in [6.45, 7) is 6.50. The molecule has 4 aromatic rings. The summed E-state index contributed by atoms with van der Waals surface area (Å²) in [6, 6.07) is 20.6. The quantitative estimate of drug-likeness (QED) is 0.327. The molecule has 0 atom stereocenters. The van der Waals surface area contributed by atoms with Crippen LogP contribution >= 0.6 is 11.8 Å². The Labute approximate surface area is 173 Å². The third-order valence-corrected chi connectivity index (χ3v) is 5.43. The van der Waals surface area contributed by atoms with Crippen molar-refractivity contribution in [1.82, 2.24) is 19.7 Å². The third kappa shape index (κ3) is 3.78. The van der Waals surface area contributed by atoms with Gasteiger partial charge >= 0.3 is 0 Å². The van der Waals surface area contributed by atoms with Crippen molar-refractivity contribution in [3.05, 3.63) is 72.8 Å². The lowest BCUT2D eigenvalue weighted by Gasteiger charge is -2.12. The molecule has 0 aliphatic heterocycles. The van der Waals surface area contributed by atoms with Crippen LogP contribution < -0.4 is 0 Å². The van der Waals surface area contributed by atoms with Gasteiger partial charge < -0.3 is 0 Å². The highest BCUT2D eigenvalue weighted by Gasteiger charge is 2.17. The molecule has 0 spiro atoms. The number of benzene rings is 2. The summed E-state index contributed by atoms with van der Waals surface area (Å²) in [7, 11) is 0. The van der Waals surface area contributed by atoms with E-state index in [1.165, 1.54) is 17.3 Å². The molecule has 2 heterocycles. The number of hydrogen-bond donors (Lipinski definition) is 0. The number of para-hydroxylation sites is 1. The molecule has 0 radical (unpaired) electrons. The Balaban J connectivity index is 1.93. The van der Waals surface area contributed by atoms with Crippen LogP contribution in [0.15, 0.2) is 72.4 Å². The predicted octanol–water partition coefficient (Wildman–Crippen LogP) is 5.27. The van der Waals surface area contributed by atoms with E-state index in [4.69, 9.17) is 10.2 Å². The molecular weight excluding hydrogens is 378 g/mol. The van der Waals surface area contributed by atoms with Gasteiger partial charge in [-0.2, -0.15) is 5.26 Å². The van der Waals surface area contributed by atoms with Crippen LogP contribution in [0.5, 0.6) is 0 Å². The second-order valence-electron chi connectivity index (χ2n) is 6.59. The predicted molar refractivity (Wildman–Crippen MR) is 117 cm³/mol. The number of aryl methyl sites for hydroxylation is 1. The van der Waals surface area contributed by atoms with E-state index in [0.29, 0.717) is 17.5 Å². The number of rotatable bonds is 6. The van der Waals surface area contributed by atoms with Crippen LogP contribution in [0, 0.1) is 18.3 Å². The van der Waals surface area contributed by atoms with E-state index in [-0.39, 0.29) is 0 Å². The van der Waals surface area contributed by atoms with E-state index in [2.05, 4.69) is 60.1 Å². The van der Waals surface area contributed by atoms with Crippen molar-refractivity contribution >= 4 is 22.7 Å². The maximum Gasteiger partial charge on any atom is 0.192 e. The van der Waals surface area contributed by atoms with E-state index < -0.39 is 0 Å². The van der Waals surface area contributed by atoms with Gasteiger partial charge in [0.05, 0.1) is 23.0 Å². The van der Waals surface area contributed by atoms with Crippen LogP contribution in [-0.4, -0.2) is 25.5 Å². The van der Waals surface area contributed by atoms with E-state index in [1.807, 2.05) is 34.9 Å². The summed E-state index contributed by atoms with van der Waals surface area (Å²) in [5.41, 5.74) is 5.01. The minimum Gasteiger partial charge on any atom is -0.298 e. The summed E-state index contributed by atoms with van der Waals surface area (Å²) in [6.07, 6.45) is 1.81. The van der Waals surface area contributed by atoms with Crippen molar-refractivity contribution in [2.75, 3.05) is 5.75 Å². The Morgan fingerprint density at radius 1 is 1.14 bits per heavy atom. The number of allylic oxidation sites excluding steroid dienone is 1. The second kappa shape index (κ2) is 8.29. The number of fused-ring (bicyclic) bond motifs is 1. The van der Waals surface area contributed by atoms with Crippen molar-refractivity contribution in [3.63, 3.8) is 0 Å². The lowest BCUT2D eigenvalue weighted by Crippen LogP contribution is -2.02. The number of nitriles is 1. The van der Waals surface area contributed by atoms with Crippen molar-refractivity contribution in [3.8, 4) is 28.7 Å². The highest BCUT2D eigenvalue weighted by atomic mass is 32.2. The molecule has 0 unspecified atom stereocenters. The lowest BCUT2D eigenvalue weighted by molar-refractivity contribution is 0.732. The van der Waals surface area contributed by atoms with E-state index >= 15 is 0 Å². The molecule has 0 saturated heterocycles. The lowest BCUT2D eigenvalue weighted by atomic mass is 10.0.